The lowest BCUT2D eigenvalue weighted by atomic mass is 9.45. The first kappa shape index (κ1) is 18.4. The topological polar surface area (TPSA) is 99.5 Å². The predicted molar refractivity (Wildman–Crippen MR) is 93.1 cm³/mol. The van der Waals surface area contributed by atoms with Crippen LogP contribution in [0.4, 0.5) is 0 Å². The zero-order valence-electron chi connectivity index (χ0n) is 15.6. The minimum atomic E-state index is -0.846. The molecule has 0 radical (unpaired) electrons. The fourth-order valence-corrected chi connectivity index (χ4v) is 6.24. The van der Waals surface area contributed by atoms with E-state index in [9.17, 15) is 20.1 Å². The summed E-state index contributed by atoms with van der Waals surface area (Å²) in [7, 11) is 0. The zero-order valence-corrected chi connectivity index (χ0v) is 15.6. The van der Waals surface area contributed by atoms with Crippen LogP contribution >= 0.6 is 0 Å². The highest BCUT2D eigenvalue weighted by Gasteiger charge is 2.66. The summed E-state index contributed by atoms with van der Waals surface area (Å²) in [5.74, 6) is -0.0392. The smallest absolute Gasteiger partial charge is 0.336 e. The molecule has 4 aliphatic rings. The number of epoxide rings is 1. The van der Waals surface area contributed by atoms with Crippen LogP contribution < -0.4 is 0 Å². The van der Waals surface area contributed by atoms with Crippen LogP contribution in [0.2, 0.25) is 0 Å². The van der Waals surface area contributed by atoms with Crippen molar-refractivity contribution >= 4 is 5.97 Å². The quantitative estimate of drug-likeness (QED) is 0.394. The lowest BCUT2D eigenvalue weighted by molar-refractivity contribution is -0.175. The third-order valence-corrected chi connectivity index (χ3v) is 7.99. The van der Waals surface area contributed by atoms with Gasteiger partial charge in [0.1, 0.15) is 12.7 Å². The summed E-state index contributed by atoms with van der Waals surface area (Å²) in [5.41, 5.74) is -0.405. The first-order chi connectivity index (χ1) is 12.3. The lowest BCUT2D eigenvalue weighted by Gasteiger charge is -2.60. The molecule has 146 valence electrons. The van der Waals surface area contributed by atoms with Crippen molar-refractivity contribution < 1.29 is 29.6 Å². The summed E-state index contributed by atoms with van der Waals surface area (Å²) in [5, 5.41) is 30.6. The summed E-state index contributed by atoms with van der Waals surface area (Å²) in [6.45, 7) is 4.99. The van der Waals surface area contributed by atoms with Crippen molar-refractivity contribution in [2.45, 2.75) is 63.8 Å². The first-order valence-corrected chi connectivity index (χ1v) is 9.75. The molecule has 2 saturated carbocycles. The van der Waals surface area contributed by atoms with Crippen molar-refractivity contribution in [3.8, 4) is 0 Å². The van der Waals surface area contributed by atoms with Gasteiger partial charge in [-0.1, -0.05) is 19.9 Å². The van der Waals surface area contributed by atoms with E-state index in [4.69, 9.17) is 9.47 Å². The Balaban J connectivity index is 1.66. The maximum Gasteiger partial charge on any atom is 0.336 e. The van der Waals surface area contributed by atoms with Gasteiger partial charge in [-0.15, -0.1) is 0 Å². The van der Waals surface area contributed by atoms with Gasteiger partial charge >= 0.3 is 5.97 Å². The van der Waals surface area contributed by atoms with Gasteiger partial charge in [0.05, 0.1) is 30.5 Å². The molecular formula is C20H30O6. The van der Waals surface area contributed by atoms with Gasteiger partial charge in [-0.3, -0.25) is 0 Å². The molecule has 6 heteroatoms. The van der Waals surface area contributed by atoms with Crippen LogP contribution in [0, 0.1) is 22.7 Å². The van der Waals surface area contributed by atoms with Crippen molar-refractivity contribution in [2.24, 2.45) is 22.7 Å². The molecule has 4 rings (SSSR count). The molecule has 0 aromatic heterocycles. The molecule has 2 heterocycles. The number of ether oxygens (including phenoxy) is 2. The number of aliphatic hydroxyl groups is 3. The Labute approximate surface area is 154 Å². The van der Waals surface area contributed by atoms with E-state index >= 15 is 0 Å². The molecule has 4 fully saturated rings. The first-order valence-electron chi connectivity index (χ1n) is 9.75. The highest BCUT2D eigenvalue weighted by Crippen LogP contribution is 2.66. The number of hydrogen-bond donors (Lipinski definition) is 3. The second-order valence-electron chi connectivity index (χ2n) is 9.23. The van der Waals surface area contributed by atoms with Gasteiger partial charge in [-0.05, 0) is 49.4 Å². The van der Waals surface area contributed by atoms with Crippen LogP contribution in [-0.2, 0) is 14.3 Å². The molecule has 2 saturated heterocycles. The minimum absolute atomic E-state index is 0.0267. The third-order valence-electron chi connectivity index (χ3n) is 7.99. The number of carbonyl (C=O) groups excluding carboxylic acids is 1. The fraction of sp³-hybridized carbons (Fsp3) is 0.850. The Morgan fingerprint density at radius 2 is 1.96 bits per heavy atom. The van der Waals surface area contributed by atoms with Gasteiger partial charge in [0.15, 0.2) is 0 Å². The summed E-state index contributed by atoms with van der Waals surface area (Å²) in [6, 6.07) is 0. The highest BCUT2D eigenvalue weighted by atomic mass is 16.6. The van der Waals surface area contributed by atoms with E-state index in [2.05, 4.69) is 6.92 Å². The van der Waals surface area contributed by atoms with Crippen molar-refractivity contribution in [3.05, 3.63) is 11.6 Å². The summed E-state index contributed by atoms with van der Waals surface area (Å²) >= 11 is 0. The number of esters is 1. The van der Waals surface area contributed by atoms with Crippen molar-refractivity contribution in [1.82, 2.24) is 0 Å². The normalized spacial score (nSPS) is 52.2. The average molecular weight is 366 g/mol. The standard InChI is InChI=1S/C20H30O6/c1-18-7-6-16(23)19(2,10-21)14(18)5-8-20(11-26-20)15(18)4-3-12-13(22)9-25-17(12)24/h3,13-16,21-23H,4-11H2,1-2H3/b12-3+/t13-,14?,15?,16-,18+,19+,20+/m1/s1. The van der Waals surface area contributed by atoms with Gasteiger partial charge in [0.25, 0.3) is 0 Å². The maximum atomic E-state index is 11.8. The van der Waals surface area contributed by atoms with E-state index in [1.54, 1.807) is 0 Å². The van der Waals surface area contributed by atoms with E-state index in [0.29, 0.717) is 18.4 Å². The molecule has 0 aromatic carbocycles. The lowest BCUT2D eigenvalue weighted by Crippen LogP contribution is -2.60. The van der Waals surface area contributed by atoms with E-state index in [1.165, 1.54) is 0 Å². The van der Waals surface area contributed by atoms with E-state index in [1.807, 2.05) is 13.0 Å². The van der Waals surface area contributed by atoms with Gasteiger partial charge in [-0.25, -0.2) is 4.79 Å². The number of rotatable bonds is 3. The van der Waals surface area contributed by atoms with Crippen LogP contribution in [0.15, 0.2) is 11.6 Å². The van der Waals surface area contributed by atoms with Crippen LogP contribution in [0.1, 0.15) is 46.0 Å². The molecule has 26 heavy (non-hydrogen) atoms. The molecule has 0 aromatic rings. The maximum absolute atomic E-state index is 11.8. The molecule has 3 N–H and O–H groups in total. The van der Waals surface area contributed by atoms with E-state index in [0.717, 1.165) is 25.9 Å². The zero-order chi connectivity index (χ0) is 18.7. The van der Waals surface area contributed by atoms with Gasteiger partial charge in [0, 0.05) is 5.41 Å². The molecule has 1 spiro atoms. The summed E-state index contributed by atoms with van der Waals surface area (Å²) < 4.78 is 10.9. The second kappa shape index (κ2) is 6.03. The van der Waals surface area contributed by atoms with Gasteiger partial charge in [0.2, 0.25) is 0 Å². The fourth-order valence-electron chi connectivity index (χ4n) is 6.24. The van der Waals surface area contributed by atoms with Crippen molar-refractivity contribution in [3.63, 3.8) is 0 Å². The number of fused-ring (bicyclic) bond motifs is 1. The number of hydrogen-bond acceptors (Lipinski definition) is 6. The van der Waals surface area contributed by atoms with Gasteiger partial charge < -0.3 is 24.8 Å². The molecule has 6 nitrogen and oxygen atoms in total. The van der Waals surface area contributed by atoms with E-state index < -0.39 is 23.6 Å². The molecule has 2 aliphatic carbocycles. The van der Waals surface area contributed by atoms with Crippen molar-refractivity contribution in [1.29, 1.82) is 0 Å². The largest absolute Gasteiger partial charge is 0.459 e. The van der Waals surface area contributed by atoms with Crippen LogP contribution in [-0.4, -0.2) is 58.9 Å². The van der Waals surface area contributed by atoms with Crippen LogP contribution in [0.3, 0.4) is 0 Å². The molecule has 0 amide bonds. The Morgan fingerprint density at radius 3 is 2.54 bits per heavy atom. The Bertz CT molecular complexity index is 626. The predicted octanol–water partition coefficient (Wildman–Crippen LogP) is 1.18. The molecular weight excluding hydrogens is 336 g/mol. The number of allylic oxidation sites excluding steroid dienone is 1. The number of aliphatic hydroxyl groups excluding tert-OH is 3. The van der Waals surface area contributed by atoms with E-state index in [-0.39, 0.29) is 36.1 Å². The van der Waals surface area contributed by atoms with Gasteiger partial charge in [-0.2, -0.15) is 0 Å². The minimum Gasteiger partial charge on any atom is -0.459 e. The molecule has 7 atom stereocenters. The van der Waals surface area contributed by atoms with Crippen LogP contribution in [0.5, 0.6) is 0 Å². The average Bonchev–Trinajstić information content (AvgIpc) is 3.31. The third kappa shape index (κ3) is 2.49. The number of carbonyl (C=O) groups is 1. The van der Waals surface area contributed by atoms with Crippen LogP contribution in [0.25, 0.3) is 0 Å². The highest BCUT2D eigenvalue weighted by molar-refractivity contribution is 5.91. The summed E-state index contributed by atoms with van der Waals surface area (Å²) in [4.78, 5) is 11.8. The SMILES string of the molecule is C[C@]12CC[C@@H](O)[C@@](C)(CO)C1CC[C@]1(CO1)C2C/C=C1/C(=O)OC[C@H]1O. The number of cyclic esters (lactones) is 1. The second-order valence-corrected chi connectivity index (χ2v) is 9.23. The molecule has 2 unspecified atom stereocenters. The molecule has 2 aliphatic heterocycles. The molecule has 0 bridgehead atoms. The summed E-state index contributed by atoms with van der Waals surface area (Å²) in [6.07, 6.45) is 4.53. The Hall–Kier alpha value is -0.950. The monoisotopic (exact) mass is 366 g/mol. The Kier molecular flexibility index (Phi) is 4.27. The van der Waals surface area contributed by atoms with Crippen molar-refractivity contribution in [2.75, 3.05) is 19.8 Å². The Morgan fingerprint density at radius 1 is 1.23 bits per heavy atom.